The molecule has 2 atom stereocenters. The molecule has 2 aromatic heterocycles. The Bertz CT molecular complexity index is 1500. The van der Waals surface area contributed by atoms with E-state index in [9.17, 15) is 5.26 Å². The smallest absolute Gasteiger partial charge is 0.129 e. The van der Waals surface area contributed by atoms with Gasteiger partial charge in [0.05, 0.1) is 23.3 Å². The minimum Gasteiger partial charge on any atom is -0.489 e. The number of ether oxygens (including phenoxy) is 1. The van der Waals surface area contributed by atoms with Crippen molar-refractivity contribution in [2.45, 2.75) is 44.1 Å². The summed E-state index contributed by atoms with van der Waals surface area (Å²) in [5, 5.41) is 17.8. The SMILES string of the molecule is C#CCCC(C)(Cc1ncc2cc(C#N)ccc2n1)c1cc(O[C@H]2CCNC2)cc(-c2cnn(C)c2)c1. The molecule has 7 heteroatoms. The first-order valence-electron chi connectivity index (χ1n) is 12.6. The number of hydrogen-bond donors (Lipinski definition) is 1. The molecule has 186 valence electrons. The number of nitriles is 1. The lowest BCUT2D eigenvalue weighted by molar-refractivity contribution is 0.222. The normalized spacial score (nSPS) is 16.7. The number of rotatable bonds is 8. The summed E-state index contributed by atoms with van der Waals surface area (Å²) in [6, 6.07) is 14.1. The van der Waals surface area contributed by atoms with Crippen molar-refractivity contribution < 1.29 is 4.74 Å². The summed E-state index contributed by atoms with van der Waals surface area (Å²) in [7, 11) is 1.92. The van der Waals surface area contributed by atoms with E-state index in [1.807, 2.05) is 36.3 Å². The third-order valence-corrected chi connectivity index (χ3v) is 7.09. The second kappa shape index (κ2) is 10.4. The van der Waals surface area contributed by atoms with Gasteiger partial charge in [-0.15, -0.1) is 12.3 Å². The lowest BCUT2D eigenvalue weighted by atomic mass is 9.75. The van der Waals surface area contributed by atoms with Gasteiger partial charge in [-0.25, -0.2) is 9.97 Å². The fourth-order valence-electron chi connectivity index (χ4n) is 4.93. The third kappa shape index (κ3) is 5.48. The molecule has 1 saturated heterocycles. The number of nitrogens with one attached hydrogen (secondary N) is 1. The molecule has 2 aromatic carbocycles. The number of aromatic nitrogens is 4. The molecule has 0 aliphatic carbocycles. The molecule has 37 heavy (non-hydrogen) atoms. The molecule has 4 aromatic rings. The van der Waals surface area contributed by atoms with Crippen LogP contribution in [-0.2, 0) is 18.9 Å². The maximum Gasteiger partial charge on any atom is 0.129 e. The summed E-state index contributed by atoms with van der Waals surface area (Å²) < 4.78 is 8.23. The molecule has 0 amide bonds. The molecular weight excluding hydrogens is 460 g/mol. The van der Waals surface area contributed by atoms with Crippen molar-refractivity contribution in [3.8, 4) is 35.3 Å². The highest BCUT2D eigenvalue weighted by atomic mass is 16.5. The van der Waals surface area contributed by atoms with Crippen LogP contribution in [0, 0.1) is 23.7 Å². The summed E-state index contributed by atoms with van der Waals surface area (Å²) >= 11 is 0. The monoisotopic (exact) mass is 490 g/mol. The number of nitrogens with zero attached hydrogens (tertiary/aromatic N) is 5. The van der Waals surface area contributed by atoms with Gasteiger partial charge in [-0.3, -0.25) is 4.68 Å². The van der Waals surface area contributed by atoms with E-state index < -0.39 is 0 Å². The van der Waals surface area contributed by atoms with Crippen LogP contribution < -0.4 is 10.1 Å². The van der Waals surface area contributed by atoms with E-state index >= 15 is 0 Å². The highest BCUT2D eigenvalue weighted by Crippen LogP contribution is 2.38. The van der Waals surface area contributed by atoms with E-state index in [0.29, 0.717) is 18.4 Å². The van der Waals surface area contributed by atoms with Crippen LogP contribution in [0.4, 0.5) is 0 Å². The second-order valence-electron chi connectivity index (χ2n) is 9.99. The summed E-state index contributed by atoms with van der Waals surface area (Å²) in [6.07, 6.45) is 14.6. The average Bonchev–Trinajstić information content (AvgIpc) is 3.59. The molecule has 1 unspecified atom stereocenters. The van der Waals surface area contributed by atoms with E-state index in [2.05, 4.69) is 52.5 Å². The molecule has 1 N–H and O–H groups in total. The van der Waals surface area contributed by atoms with Gasteiger partial charge in [0.1, 0.15) is 17.7 Å². The van der Waals surface area contributed by atoms with E-state index in [-0.39, 0.29) is 11.5 Å². The molecule has 3 heterocycles. The molecule has 7 nitrogen and oxygen atoms in total. The van der Waals surface area contributed by atoms with Gasteiger partial charge in [0.2, 0.25) is 0 Å². The van der Waals surface area contributed by atoms with Crippen LogP contribution in [0.3, 0.4) is 0 Å². The second-order valence-corrected chi connectivity index (χ2v) is 9.99. The molecule has 1 fully saturated rings. The van der Waals surface area contributed by atoms with Crippen LogP contribution in [0.25, 0.3) is 22.0 Å². The number of aryl methyl sites for hydroxylation is 1. The average molecular weight is 491 g/mol. The molecule has 1 aliphatic heterocycles. The van der Waals surface area contributed by atoms with Crippen molar-refractivity contribution in [1.82, 2.24) is 25.1 Å². The Labute approximate surface area is 217 Å². The topological polar surface area (TPSA) is 88.7 Å². The minimum atomic E-state index is -0.323. The number of hydrogen-bond acceptors (Lipinski definition) is 6. The van der Waals surface area contributed by atoms with Crippen LogP contribution in [0.1, 0.15) is 43.1 Å². The quantitative estimate of drug-likeness (QED) is 0.365. The van der Waals surface area contributed by atoms with Crippen molar-refractivity contribution in [3.63, 3.8) is 0 Å². The lowest BCUT2D eigenvalue weighted by Gasteiger charge is -2.30. The number of benzene rings is 2. The zero-order valence-electron chi connectivity index (χ0n) is 21.2. The first kappa shape index (κ1) is 24.5. The van der Waals surface area contributed by atoms with E-state index in [0.717, 1.165) is 65.1 Å². The van der Waals surface area contributed by atoms with Crippen LogP contribution in [-0.4, -0.2) is 38.9 Å². The Morgan fingerprint density at radius 3 is 2.84 bits per heavy atom. The summed E-state index contributed by atoms with van der Waals surface area (Å²) in [4.78, 5) is 9.50. The zero-order valence-corrected chi connectivity index (χ0v) is 21.2. The van der Waals surface area contributed by atoms with Crippen molar-refractivity contribution in [2.75, 3.05) is 13.1 Å². The Kier molecular flexibility index (Phi) is 6.90. The predicted octanol–water partition coefficient (Wildman–Crippen LogP) is 4.56. The molecule has 0 bridgehead atoms. The van der Waals surface area contributed by atoms with Crippen molar-refractivity contribution in [2.24, 2.45) is 7.05 Å². The van der Waals surface area contributed by atoms with Gasteiger partial charge in [0.25, 0.3) is 0 Å². The van der Waals surface area contributed by atoms with Crippen molar-refractivity contribution >= 4 is 10.9 Å². The van der Waals surface area contributed by atoms with E-state index in [1.165, 1.54) is 0 Å². The molecule has 1 aliphatic rings. The molecule has 5 rings (SSSR count). The number of fused-ring (bicyclic) bond motifs is 1. The van der Waals surface area contributed by atoms with Crippen molar-refractivity contribution in [3.05, 3.63) is 71.9 Å². The van der Waals surface area contributed by atoms with Crippen LogP contribution >= 0.6 is 0 Å². The Morgan fingerprint density at radius 1 is 1.22 bits per heavy atom. The molecule has 0 spiro atoms. The van der Waals surface area contributed by atoms with Gasteiger partial charge < -0.3 is 10.1 Å². The summed E-state index contributed by atoms with van der Waals surface area (Å²) in [6.45, 7) is 4.04. The predicted molar refractivity (Wildman–Crippen MR) is 144 cm³/mol. The fraction of sp³-hybridized carbons (Fsp3) is 0.333. The zero-order chi connectivity index (χ0) is 25.8. The van der Waals surface area contributed by atoms with Crippen LogP contribution in [0.15, 0.2) is 55.0 Å². The van der Waals surface area contributed by atoms with Gasteiger partial charge in [0, 0.05) is 55.2 Å². The van der Waals surface area contributed by atoms with Crippen LogP contribution in [0.5, 0.6) is 5.75 Å². The maximum atomic E-state index is 9.21. The highest BCUT2D eigenvalue weighted by molar-refractivity contribution is 5.79. The largest absolute Gasteiger partial charge is 0.489 e. The molecular formula is C30H30N6O. The van der Waals surface area contributed by atoms with E-state index in [1.54, 1.807) is 12.3 Å². The fourth-order valence-corrected chi connectivity index (χ4v) is 4.93. The Hall–Kier alpha value is -4.20. The van der Waals surface area contributed by atoms with Gasteiger partial charge in [-0.1, -0.05) is 13.0 Å². The minimum absolute atomic E-state index is 0.149. The van der Waals surface area contributed by atoms with Crippen molar-refractivity contribution in [1.29, 1.82) is 5.26 Å². The first-order chi connectivity index (χ1) is 18.0. The maximum absolute atomic E-state index is 9.21. The summed E-state index contributed by atoms with van der Waals surface area (Å²) in [5.41, 5.74) is 4.32. The molecule has 0 saturated carbocycles. The van der Waals surface area contributed by atoms with E-state index in [4.69, 9.17) is 16.1 Å². The number of terminal acetylenes is 1. The molecule has 0 radical (unpaired) electrons. The Morgan fingerprint density at radius 2 is 2.11 bits per heavy atom. The van der Waals surface area contributed by atoms with Gasteiger partial charge in [0.15, 0.2) is 0 Å². The lowest BCUT2D eigenvalue weighted by Crippen LogP contribution is -2.27. The van der Waals surface area contributed by atoms with Gasteiger partial charge in [-0.05, 0) is 60.8 Å². The highest BCUT2D eigenvalue weighted by Gasteiger charge is 2.30. The van der Waals surface area contributed by atoms with Gasteiger partial charge >= 0.3 is 0 Å². The van der Waals surface area contributed by atoms with Gasteiger partial charge in [-0.2, -0.15) is 10.4 Å². The standard InChI is InChI=1S/C30H30N6O/c1-4-5-9-30(2,15-29-33-17-23-11-21(16-31)6-7-28(23)35-29)25-12-22(24-18-34-36(3)20-24)13-27(14-25)37-26-8-10-32-19-26/h1,6-7,11-14,17-18,20,26,32H,5,8-10,15,19H2,2-3H3/t26-,30?/m0/s1. The van der Waals surface area contributed by atoms with Crippen LogP contribution in [0.2, 0.25) is 0 Å². The Balaban J connectivity index is 1.55. The summed E-state index contributed by atoms with van der Waals surface area (Å²) in [5.74, 6) is 4.41. The third-order valence-electron chi connectivity index (χ3n) is 7.09. The first-order valence-corrected chi connectivity index (χ1v) is 12.6.